The summed E-state index contributed by atoms with van der Waals surface area (Å²) in [6.07, 6.45) is 1.68. The third-order valence-corrected chi connectivity index (χ3v) is 4.11. The average Bonchev–Trinajstić information content (AvgIpc) is 2.61. The van der Waals surface area contributed by atoms with E-state index in [4.69, 9.17) is 4.42 Å². The van der Waals surface area contributed by atoms with E-state index in [0.29, 0.717) is 0 Å². The van der Waals surface area contributed by atoms with Gasteiger partial charge in [0.1, 0.15) is 0 Å². The number of rotatable bonds is 0. The molecular weight excluding hydrogens is 243 g/mol. The summed E-state index contributed by atoms with van der Waals surface area (Å²) >= 11 is -0.0783. The SMILES string of the molecule is O=c1ccc2cc3ccoc3cc2[se]1. The zero-order chi connectivity index (χ0) is 9.54. The second kappa shape index (κ2) is 2.84. The van der Waals surface area contributed by atoms with Crippen molar-refractivity contribution in [3.8, 4) is 0 Å². The first kappa shape index (κ1) is 8.04. The Balaban J connectivity index is 2.56. The minimum absolute atomic E-state index is 0.0783. The van der Waals surface area contributed by atoms with E-state index >= 15 is 0 Å². The monoisotopic (exact) mass is 250 g/mol. The molecule has 0 amide bonds. The normalized spacial score (nSPS) is 11.1. The van der Waals surface area contributed by atoms with Crippen molar-refractivity contribution in [1.29, 1.82) is 0 Å². The van der Waals surface area contributed by atoms with Crippen LogP contribution in [-0.4, -0.2) is 14.5 Å². The van der Waals surface area contributed by atoms with Crippen LogP contribution in [0.2, 0.25) is 0 Å². The van der Waals surface area contributed by atoms with Crippen molar-refractivity contribution >= 4 is 35.1 Å². The fourth-order valence-corrected chi connectivity index (χ4v) is 3.13. The van der Waals surface area contributed by atoms with Crippen LogP contribution in [0.3, 0.4) is 0 Å². The predicted octanol–water partition coefficient (Wildman–Crippen LogP) is 2.00. The topological polar surface area (TPSA) is 30.2 Å². The van der Waals surface area contributed by atoms with Crippen LogP contribution in [0.5, 0.6) is 0 Å². The summed E-state index contributed by atoms with van der Waals surface area (Å²) in [5, 5.41) is 2.25. The van der Waals surface area contributed by atoms with Crippen molar-refractivity contribution in [3.05, 3.63) is 45.7 Å². The first-order valence-corrected chi connectivity index (χ1v) is 5.95. The van der Waals surface area contributed by atoms with E-state index < -0.39 is 0 Å². The molecule has 0 saturated heterocycles. The van der Waals surface area contributed by atoms with Gasteiger partial charge in [-0.1, -0.05) is 0 Å². The summed E-state index contributed by atoms with van der Waals surface area (Å²) in [7, 11) is 0. The van der Waals surface area contributed by atoms with E-state index in [1.54, 1.807) is 12.3 Å². The Hall–Kier alpha value is -1.31. The zero-order valence-electron chi connectivity index (χ0n) is 7.19. The van der Waals surface area contributed by atoms with Gasteiger partial charge in [0.05, 0.1) is 0 Å². The number of hydrogen-bond acceptors (Lipinski definition) is 2. The molecule has 0 unspecified atom stereocenters. The van der Waals surface area contributed by atoms with Crippen LogP contribution >= 0.6 is 0 Å². The second-order valence-electron chi connectivity index (χ2n) is 3.10. The molecule has 0 aliphatic carbocycles. The molecule has 0 fully saturated rings. The van der Waals surface area contributed by atoms with Crippen LogP contribution < -0.4 is 4.30 Å². The van der Waals surface area contributed by atoms with Crippen LogP contribution in [0.1, 0.15) is 0 Å². The summed E-state index contributed by atoms with van der Waals surface area (Å²) in [5.74, 6) is 0. The molecule has 0 aliphatic heterocycles. The van der Waals surface area contributed by atoms with Gasteiger partial charge in [-0.2, -0.15) is 0 Å². The van der Waals surface area contributed by atoms with Gasteiger partial charge in [-0.25, -0.2) is 0 Å². The molecular formula is C11H6O2Se. The van der Waals surface area contributed by atoms with Gasteiger partial charge in [0.15, 0.2) is 0 Å². The van der Waals surface area contributed by atoms with Crippen molar-refractivity contribution in [2.75, 3.05) is 0 Å². The number of furan rings is 1. The molecule has 2 nitrogen and oxygen atoms in total. The molecule has 68 valence electrons. The van der Waals surface area contributed by atoms with Gasteiger partial charge < -0.3 is 0 Å². The first-order valence-electron chi connectivity index (χ1n) is 4.24. The number of fused-ring (bicyclic) bond motifs is 2. The Morgan fingerprint density at radius 2 is 2.00 bits per heavy atom. The minimum atomic E-state index is -0.0783. The number of hydrogen-bond donors (Lipinski definition) is 0. The molecule has 3 aromatic rings. The fourth-order valence-electron chi connectivity index (χ4n) is 1.53. The molecule has 0 atom stereocenters. The van der Waals surface area contributed by atoms with Crippen LogP contribution in [0.4, 0.5) is 0 Å². The molecule has 1 aromatic carbocycles. The van der Waals surface area contributed by atoms with Crippen molar-refractivity contribution in [1.82, 2.24) is 0 Å². The molecule has 3 rings (SSSR count). The molecule has 2 heterocycles. The Bertz CT molecular complexity index is 663. The van der Waals surface area contributed by atoms with E-state index in [9.17, 15) is 4.79 Å². The van der Waals surface area contributed by atoms with Crippen LogP contribution in [0.25, 0.3) is 20.6 Å². The summed E-state index contributed by atoms with van der Waals surface area (Å²) in [6, 6.07) is 9.53. The van der Waals surface area contributed by atoms with E-state index in [-0.39, 0.29) is 18.8 Å². The van der Waals surface area contributed by atoms with Gasteiger partial charge in [0, 0.05) is 0 Å². The molecule has 3 heteroatoms. The van der Waals surface area contributed by atoms with Gasteiger partial charge in [-0.05, 0) is 0 Å². The second-order valence-corrected chi connectivity index (χ2v) is 5.30. The average molecular weight is 249 g/mol. The molecule has 0 N–H and O–H groups in total. The Morgan fingerprint density at radius 1 is 1.07 bits per heavy atom. The third kappa shape index (κ3) is 1.14. The molecule has 2 aromatic heterocycles. The van der Waals surface area contributed by atoms with Crippen molar-refractivity contribution in [2.45, 2.75) is 0 Å². The molecule has 0 bridgehead atoms. The first-order chi connectivity index (χ1) is 6.83. The summed E-state index contributed by atoms with van der Waals surface area (Å²) < 4.78 is 6.63. The zero-order valence-corrected chi connectivity index (χ0v) is 8.90. The van der Waals surface area contributed by atoms with E-state index in [1.165, 1.54) is 0 Å². The number of benzene rings is 1. The maximum absolute atomic E-state index is 11.2. The van der Waals surface area contributed by atoms with E-state index in [1.807, 2.05) is 18.2 Å². The molecule has 0 aliphatic rings. The van der Waals surface area contributed by atoms with Crippen LogP contribution in [0, 0.1) is 0 Å². The standard InChI is InChI=1S/C11H6O2Se/c12-11-2-1-8-5-7-3-4-13-9(7)6-10(8)14-11/h1-6H. The Kier molecular flexibility index (Phi) is 1.63. The van der Waals surface area contributed by atoms with Gasteiger partial charge >= 0.3 is 85.2 Å². The van der Waals surface area contributed by atoms with E-state index in [0.717, 1.165) is 20.6 Å². The summed E-state index contributed by atoms with van der Waals surface area (Å²) in [4.78, 5) is 11.2. The van der Waals surface area contributed by atoms with Gasteiger partial charge in [-0.15, -0.1) is 0 Å². The molecule has 0 saturated carbocycles. The van der Waals surface area contributed by atoms with Crippen molar-refractivity contribution in [3.63, 3.8) is 0 Å². The quantitative estimate of drug-likeness (QED) is 0.570. The van der Waals surface area contributed by atoms with Gasteiger partial charge in [-0.3, -0.25) is 0 Å². The Labute approximate surface area is 85.5 Å². The fraction of sp³-hybridized carbons (Fsp3) is 0. The third-order valence-electron chi connectivity index (χ3n) is 2.19. The molecule has 14 heavy (non-hydrogen) atoms. The van der Waals surface area contributed by atoms with Gasteiger partial charge in [0.25, 0.3) is 0 Å². The van der Waals surface area contributed by atoms with Crippen molar-refractivity contribution < 1.29 is 4.42 Å². The Morgan fingerprint density at radius 3 is 2.93 bits per heavy atom. The van der Waals surface area contributed by atoms with Crippen molar-refractivity contribution in [2.24, 2.45) is 0 Å². The molecule has 0 spiro atoms. The molecule has 0 radical (unpaired) electrons. The summed E-state index contributed by atoms with van der Waals surface area (Å²) in [6.45, 7) is 0. The maximum atomic E-state index is 11.2. The van der Waals surface area contributed by atoms with Crippen LogP contribution in [-0.2, 0) is 0 Å². The summed E-state index contributed by atoms with van der Waals surface area (Å²) in [5.41, 5.74) is 0.869. The van der Waals surface area contributed by atoms with Gasteiger partial charge in [0.2, 0.25) is 0 Å². The van der Waals surface area contributed by atoms with Crippen LogP contribution in [0.15, 0.2) is 45.8 Å². The predicted molar refractivity (Wildman–Crippen MR) is 56.9 cm³/mol. The van der Waals surface area contributed by atoms with E-state index in [2.05, 4.69) is 6.07 Å².